The number of amides is 1. The minimum absolute atomic E-state index is 0.0264. The third-order valence-corrected chi connectivity index (χ3v) is 7.81. The van der Waals surface area contributed by atoms with Gasteiger partial charge < -0.3 is 14.5 Å². The second-order valence-electron chi connectivity index (χ2n) is 8.59. The number of hydrogen-bond acceptors (Lipinski definition) is 7. The van der Waals surface area contributed by atoms with E-state index < -0.39 is 27.9 Å². The molecule has 1 aromatic rings. The molecular weight excluding hydrogens is 480 g/mol. The number of sulfonamides is 1. The van der Waals surface area contributed by atoms with Crippen LogP contribution in [0.15, 0.2) is 29.2 Å². The minimum Gasteiger partial charge on any atom is -0.481 e. The first-order valence-corrected chi connectivity index (χ1v) is 13.1. The Morgan fingerprint density at radius 2 is 1.82 bits per heavy atom. The van der Waals surface area contributed by atoms with Crippen molar-refractivity contribution in [2.75, 3.05) is 52.9 Å². The van der Waals surface area contributed by atoms with Crippen LogP contribution in [0.5, 0.6) is 5.75 Å². The summed E-state index contributed by atoms with van der Waals surface area (Å²) in [6.45, 7) is 9.89. The zero-order valence-corrected chi connectivity index (χ0v) is 21.8. The number of hydrogen-bond donors (Lipinski definition) is 1. The van der Waals surface area contributed by atoms with Crippen molar-refractivity contribution in [2.45, 2.75) is 38.1 Å². The third-order valence-electron chi connectivity index (χ3n) is 5.74. The van der Waals surface area contributed by atoms with Crippen LogP contribution < -0.4 is 4.74 Å². The van der Waals surface area contributed by atoms with Crippen LogP contribution in [0, 0.1) is 17.8 Å². The molecule has 0 spiro atoms. The number of carbonyl (C=O) groups is 1. The Balaban J connectivity index is 2.26. The van der Waals surface area contributed by atoms with E-state index in [2.05, 4.69) is 28.7 Å². The minimum atomic E-state index is -4.07. The number of ether oxygens (including phenoxy) is 1. The topological polar surface area (TPSA) is 93.6 Å². The van der Waals surface area contributed by atoms with Crippen molar-refractivity contribution >= 4 is 27.7 Å². The van der Waals surface area contributed by atoms with Gasteiger partial charge in [-0.05, 0) is 57.1 Å². The standard InChI is InChI=1S/C23H35ClN4O5S/c1-5-6-18-33-20-8-10-21(11-9-20)34(31,32)27(22(19(2)3)23(29)28(24)30)13-7-12-26-16-14-25(4)15-17-26/h8-11,19,22,30H,7,12-18H2,1-4H3. The highest BCUT2D eigenvalue weighted by atomic mass is 35.5. The summed E-state index contributed by atoms with van der Waals surface area (Å²) < 4.78 is 33.9. The third kappa shape index (κ3) is 7.83. The molecule has 1 aliphatic rings. The van der Waals surface area contributed by atoms with E-state index >= 15 is 0 Å². The molecule has 0 radical (unpaired) electrons. The van der Waals surface area contributed by atoms with E-state index in [1.165, 1.54) is 12.1 Å². The fourth-order valence-corrected chi connectivity index (χ4v) is 5.67. The van der Waals surface area contributed by atoms with Gasteiger partial charge in [0, 0.05) is 44.5 Å². The highest BCUT2D eigenvalue weighted by Gasteiger charge is 2.39. The second-order valence-corrected chi connectivity index (χ2v) is 10.8. The molecule has 0 saturated carbocycles. The monoisotopic (exact) mass is 514 g/mol. The van der Waals surface area contributed by atoms with E-state index in [0.717, 1.165) is 30.5 Å². The SMILES string of the molecule is CC#CCOc1ccc(S(=O)(=O)N(CCCN2CCN(C)CC2)C(C(=O)N(O)Cl)C(C)C)cc1. The first kappa shape index (κ1) is 28.4. The molecule has 9 nitrogen and oxygen atoms in total. The summed E-state index contributed by atoms with van der Waals surface area (Å²) in [6.07, 6.45) is 0.532. The Bertz CT molecular complexity index is 952. The van der Waals surface area contributed by atoms with Gasteiger partial charge in [0.1, 0.15) is 18.4 Å². The van der Waals surface area contributed by atoms with Crippen molar-refractivity contribution in [1.82, 2.24) is 18.7 Å². The maximum atomic E-state index is 13.6. The van der Waals surface area contributed by atoms with Crippen LogP contribution in [-0.2, 0) is 14.8 Å². The Labute approximate surface area is 208 Å². The van der Waals surface area contributed by atoms with Crippen molar-refractivity contribution in [2.24, 2.45) is 5.92 Å². The number of likely N-dealkylation sites (N-methyl/N-ethyl adjacent to an activating group) is 1. The fourth-order valence-electron chi connectivity index (χ4n) is 3.82. The van der Waals surface area contributed by atoms with Gasteiger partial charge in [-0.2, -0.15) is 4.31 Å². The molecule has 1 aromatic carbocycles. The van der Waals surface area contributed by atoms with Crippen LogP contribution in [-0.4, -0.2) is 97.2 Å². The van der Waals surface area contributed by atoms with Crippen LogP contribution in [0.2, 0.25) is 0 Å². The molecule has 1 amide bonds. The second kappa shape index (κ2) is 13.3. The van der Waals surface area contributed by atoms with Gasteiger partial charge in [0.05, 0.1) is 4.90 Å². The Hall–Kier alpha value is -1.87. The molecule has 2 rings (SSSR count). The van der Waals surface area contributed by atoms with E-state index in [1.54, 1.807) is 32.9 Å². The lowest BCUT2D eigenvalue weighted by Gasteiger charge is -2.35. The lowest BCUT2D eigenvalue weighted by molar-refractivity contribution is -0.152. The summed E-state index contributed by atoms with van der Waals surface area (Å²) in [5.74, 6) is 4.68. The summed E-state index contributed by atoms with van der Waals surface area (Å²) in [5, 5.41) is 9.61. The Morgan fingerprint density at radius 1 is 1.21 bits per heavy atom. The molecule has 11 heteroatoms. The van der Waals surface area contributed by atoms with Gasteiger partial charge in [-0.3, -0.25) is 10.0 Å². The smallest absolute Gasteiger partial charge is 0.280 e. The average molecular weight is 515 g/mol. The maximum Gasteiger partial charge on any atom is 0.280 e. The summed E-state index contributed by atoms with van der Waals surface area (Å²) >= 11 is 5.54. The molecule has 1 fully saturated rings. The number of benzene rings is 1. The lowest BCUT2D eigenvalue weighted by Crippen LogP contribution is -2.52. The number of halogens is 1. The van der Waals surface area contributed by atoms with E-state index in [0.29, 0.717) is 18.7 Å². The Kier molecular flexibility index (Phi) is 11.1. The molecule has 190 valence electrons. The summed E-state index contributed by atoms with van der Waals surface area (Å²) in [7, 11) is -2.00. The summed E-state index contributed by atoms with van der Waals surface area (Å²) in [4.78, 5) is 17.3. The molecule has 1 aliphatic heterocycles. The first-order valence-electron chi connectivity index (χ1n) is 11.3. The molecule has 1 unspecified atom stereocenters. The predicted molar refractivity (Wildman–Crippen MR) is 131 cm³/mol. The maximum absolute atomic E-state index is 13.6. The predicted octanol–water partition coefficient (Wildman–Crippen LogP) is 2.11. The van der Waals surface area contributed by atoms with Gasteiger partial charge >= 0.3 is 0 Å². The molecule has 1 saturated heterocycles. The molecule has 0 bridgehead atoms. The summed E-state index contributed by atoms with van der Waals surface area (Å²) in [6, 6.07) is 4.83. The van der Waals surface area contributed by atoms with Crippen LogP contribution in [0.25, 0.3) is 0 Å². The van der Waals surface area contributed by atoms with Crippen molar-refractivity contribution in [1.29, 1.82) is 0 Å². The van der Waals surface area contributed by atoms with Crippen LogP contribution in [0.4, 0.5) is 0 Å². The zero-order chi connectivity index (χ0) is 25.3. The van der Waals surface area contributed by atoms with Crippen LogP contribution in [0.3, 0.4) is 0 Å². The highest BCUT2D eigenvalue weighted by molar-refractivity contribution is 7.89. The molecule has 1 N–H and O–H groups in total. The van der Waals surface area contributed by atoms with E-state index in [9.17, 15) is 18.4 Å². The van der Waals surface area contributed by atoms with Crippen molar-refractivity contribution in [3.63, 3.8) is 0 Å². The number of piperazine rings is 1. The molecule has 0 aliphatic carbocycles. The van der Waals surface area contributed by atoms with Crippen molar-refractivity contribution in [3.05, 3.63) is 24.3 Å². The average Bonchev–Trinajstić information content (AvgIpc) is 2.79. The number of rotatable bonds is 11. The number of nitrogens with zero attached hydrogens (tertiary/aromatic N) is 4. The molecular formula is C23H35ClN4O5S. The first-order chi connectivity index (χ1) is 16.1. The molecule has 1 atom stereocenters. The lowest BCUT2D eigenvalue weighted by atomic mass is 10.0. The van der Waals surface area contributed by atoms with E-state index in [-0.39, 0.29) is 22.6 Å². The van der Waals surface area contributed by atoms with Gasteiger partial charge in [0.2, 0.25) is 10.0 Å². The molecule has 34 heavy (non-hydrogen) atoms. The quantitative estimate of drug-likeness (QED) is 0.209. The van der Waals surface area contributed by atoms with E-state index in [4.69, 9.17) is 16.5 Å². The van der Waals surface area contributed by atoms with Gasteiger partial charge in [-0.1, -0.05) is 19.8 Å². The number of carbonyl (C=O) groups excluding carboxylic acids is 1. The van der Waals surface area contributed by atoms with Gasteiger partial charge in [0.15, 0.2) is 0 Å². The van der Waals surface area contributed by atoms with Crippen LogP contribution in [0.1, 0.15) is 27.2 Å². The fraction of sp³-hybridized carbons (Fsp3) is 0.609. The number of hydroxylamine groups is 1. The molecule has 0 aromatic heterocycles. The van der Waals surface area contributed by atoms with Crippen LogP contribution >= 0.6 is 11.8 Å². The highest BCUT2D eigenvalue weighted by Crippen LogP contribution is 2.26. The van der Waals surface area contributed by atoms with Gasteiger partial charge in [-0.25, -0.2) is 8.42 Å². The van der Waals surface area contributed by atoms with Gasteiger partial charge in [0.25, 0.3) is 5.91 Å². The Morgan fingerprint density at radius 3 is 2.35 bits per heavy atom. The summed E-state index contributed by atoms with van der Waals surface area (Å²) in [5.41, 5.74) is 0. The zero-order valence-electron chi connectivity index (χ0n) is 20.3. The van der Waals surface area contributed by atoms with Crippen molar-refractivity contribution < 1.29 is 23.2 Å². The van der Waals surface area contributed by atoms with E-state index in [1.807, 2.05) is 0 Å². The normalized spacial score (nSPS) is 16.2. The largest absolute Gasteiger partial charge is 0.481 e. The van der Waals surface area contributed by atoms with Crippen molar-refractivity contribution in [3.8, 4) is 17.6 Å². The van der Waals surface area contributed by atoms with Gasteiger partial charge in [-0.15, -0.1) is 10.5 Å². The molecule has 1 heterocycles.